The summed E-state index contributed by atoms with van der Waals surface area (Å²) in [5, 5.41) is 0. The van der Waals surface area contributed by atoms with Crippen molar-refractivity contribution in [3.05, 3.63) is 19.6 Å². The van der Waals surface area contributed by atoms with E-state index in [1.54, 1.807) is 0 Å². The molecule has 0 aromatic rings. The summed E-state index contributed by atoms with van der Waals surface area (Å²) in [4.78, 5) is 0. The average Bonchev–Trinajstić information content (AvgIpc) is 2.65. The first-order valence-electron chi connectivity index (χ1n) is 7.89. The van der Waals surface area contributed by atoms with E-state index in [9.17, 15) is 13.2 Å². The summed E-state index contributed by atoms with van der Waals surface area (Å²) in [6.07, 6.45) is 1.50. The Hall–Kier alpha value is -0.481. The third-order valence-corrected chi connectivity index (χ3v) is 5.25. The summed E-state index contributed by atoms with van der Waals surface area (Å²) in [5.74, 6) is 10.0. The summed E-state index contributed by atoms with van der Waals surface area (Å²) < 4.78 is 58.9. The summed E-state index contributed by atoms with van der Waals surface area (Å²) in [6, 6.07) is 0. The van der Waals surface area contributed by atoms with Gasteiger partial charge in [-0.15, -0.1) is 11.8 Å². The minimum Gasteiger partial charge on any atom is -0.741 e. The minimum absolute atomic E-state index is 0. The molecule has 156 valence electrons. The summed E-state index contributed by atoms with van der Waals surface area (Å²) in [7, 11) is -6.09. The molecule has 0 bridgehead atoms. The van der Waals surface area contributed by atoms with Crippen LogP contribution in [0.2, 0.25) is 0 Å². The maximum absolute atomic E-state index is 10.7. The average molecular weight is 577 g/mol. The third-order valence-electron chi connectivity index (χ3n) is 4.68. The maximum atomic E-state index is 10.7. The molecule has 0 aromatic heterocycles. The molecule has 0 heterocycles. The predicted octanol–water partition coefficient (Wildman–Crippen LogP) is 5.27. The molecule has 0 unspecified atom stereocenters. The van der Waals surface area contributed by atoms with Crippen LogP contribution < -0.4 is 0 Å². The molecule has 0 spiro atoms. The second kappa shape index (κ2) is 15.6. The zero-order valence-electron chi connectivity index (χ0n) is 16.5. The fraction of sp³-hybridized carbons (Fsp3) is 0.722. The second-order valence-electron chi connectivity index (χ2n) is 5.98. The van der Waals surface area contributed by atoms with E-state index in [0.717, 1.165) is 29.6 Å². The SMILES string of the molecule is C=C[CH2-].CC#CC.CC1C(C)C(C)C(C)C1C.O=S(=O)([O-])C(F)(F)F.[Ir+3]. The van der Waals surface area contributed by atoms with Crippen LogP contribution >= 0.6 is 0 Å². The van der Waals surface area contributed by atoms with Crippen molar-refractivity contribution in [2.75, 3.05) is 0 Å². The van der Waals surface area contributed by atoms with Gasteiger partial charge in [0.05, 0.1) is 0 Å². The second-order valence-corrected chi connectivity index (χ2v) is 7.36. The molecular weight excluding hydrogens is 545 g/mol. The molecule has 1 aliphatic carbocycles. The van der Waals surface area contributed by atoms with Gasteiger partial charge in [-0.1, -0.05) is 34.6 Å². The molecule has 0 radical (unpaired) electrons. The van der Waals surface area contributed by atoms with Crippen molar-refractivity contribution in [2.45, 2.75) is 54.0 Å². The van der Waals surface area contributed by atoms with Gasteiger partial charge in [-0.25, -0.2) is 28.0 Å². The molecule has 1 aliphatic rings. The number of alkyl halides is 3. The first kappa shape index (κ1) is 33.1. The van der Waals surface area contributed by atoms with Crippen LogP contribution in [0.4, 0.5) is 13.2 Å². The van der Waals surface area contributed by atoms with Crippen molar-refractivity contribution in [1.29, 1.82) is 0 Å². The largest absolute Gasteiger partial charge is 3.00 e. The maximum Gasteiger partial charge on any atom is 3.00 e. The van der Waals surface area contributed by atoms with Gasteiger partial charge in [-0.05, 0) is 43.4 Å². The zero-order valence-corrected chi connectivity index (χ0v) is 19.7. The smallest absolute Gasteiger partial charge is 0.741 e. The monoisotopic (exact) mass is 577 g/mol. The molecule has 1 saturated carbocycles. The Bertz CT molecular complexity index is 471. The number of hydrogen-bond donors (Lipinski definition) is 0. The molecular formula is C18H31F3IrO3S+. The van der Waals surface area contributed by atoms with Gasteiger partial charge in [0.1, 0.15) is 0 Å². The molecule has 0 amide bonds. The van der Waals surface area contributed by atoms with Crippen LogP contribution in [0.15, 0.2) is 12.7 Å². The van der Waals surface area contributed by atoms with Gasteiger partial charge in [-0.3, -0.25) is 0 Å². The molecule has 0 atom stereocenters. The molecule has 0 N–H and O–H groups in total. The van der Waals surface area contributed by atoms with Crippen molar-refractivity contribution in [3.8, 4) is 11.8 Å². The number of halogens is 3. The van der Waals surface area contributed by atoms with E-state index in [4.69, 9.17) is 13.0 Å². The standard InChI is InChI=1S/C10H20.C4H6.C3H5.CHF3O3S.Ir/c1-6-7(2)9(4)10(5)8(6)3;1-3-4-2;1-3-2;2-1(3,4)8(5,6)7;/h6-10H,1-5H3;1-2H3;3H,1-2H2;(H,5,6,7);/q;;-1;;+3/p-1. The molecule has 1 rings (SSSR count). The van der Waals surface area contributed by atoms with E-state index in [2.05, 4.69) is 60.0 Å². The Kier molecular flexibility index (Phi) is 19.8. The molecule has 1 fully saturated rings. The van der Waals surface area contributed by atoms with Crippen LogP contribution in [-0.4, -0.2) is 18.5 Å². The van der Waals surface area contributed by atoms with Gasteiger partial charge in [0, 0.05) is 0 Å². The fourth-order valence-electron chi connectivity index (χ4n) is 2.39. The molecule has 3 nitrogen and oxygen atoms in total. The van der Waals surface area contributed by atoms with Crippen LogP contribution in [0.3, 0.4) is 0 Å². The van der Waals surface area contributed by atoms with Crippen LogP contribution in [0.5, 0.6) is 0 Å². The number of hydrogen-bond acceptors (Lipinski definition) is 3. The van der Waals surface area contributed by atoms with Gasteiger partial charge in [0.25, 0.3) is 0 Å². The normalized spacial score (nSPS) is 26.7. The molecule has 8 heteroatoms. The number of allylic oxidation sites excluding steroid dienone is 1. The molecule has 0 aliphatic heterocycles. The van der Waals surface area contributed by atoms with Crippen molar-refractivity contribution in [2.24, 2.45) is 29.6 Å². The fourth-order valence-corrected chi connectivity index (χ4v) is 2.39. The summed E-state index contributed by atoms with van der Waals surface area (Å²) in [5.41, 5.74) is -5.65. The van der Waals surface area contributed by atoms with Gasteiger partial charge in [-0.2, -0.15) is 13.2 Å². The van der Waals surface area contributed by atoms with Crippen molar-refractivity contribution >= 4 is 10.1 Å². The van der Waals surface area contributed by atoms with Gasteiger partial charge >= 0.3 is 25.6 Å². The van der Waals surface area contributed by atoms with E-state index < -0.39 is 15.6 Å². The molecule has 26 heavy (non-hydrogen) atoms. The van der Waals surface area contributed by atoms with E-state index in [1.807, 2.05) is 13.8 Å². The predicted molar refractivity (Wildman–Crippen MR) is 96.3 cm³/mol. The van der Waals surface area contributed by atoms with Crippen LogP contribution in [-0.2, 0) is 30.2 Å². The van der Waals surface area contributed by atoms with Gasteiger partial charge in [0.2, 0.25) is 0 Å². The zero-order chi connectivity index (χ0) is 21.0. The van der Waals surface area contributed by atoms with Crippen molar-refractivity contribution in [1.82, 2.24) is 0 Å². The van der Waals surface area contributed by atoms with Crippen molar-refractivity contribution in [3.63, 3.8) is 0 Å². The Morgan fingerprint density at radius 2 is 1.04 bits per heavy atom. The number of rotatable bonds is 0. The van der Waals surface area contributed by atoms with E-state index in [1.165, 1.54) is 6.08 Å². The van der Waals surface area contributed by atoms with E-state index >= 15 is 0 Å². The molecule has 0 saturated heterocycles. The van der Waals surface area contributed by atoms with E-state index in [-0.39, 0.29) is 20.1 Å². The van der Waals surface area contributed by atoms with Crippen LogP contribution in [0.1, 0.15) is 48.5 Å². The minimum atomic E-state index is -6.09. The summed E-state index contributed by atoms with van der Waals surface area (Å²) in [6.45, 7) is 22.1. The summed E-state index contributed by atoms with van der Waals surface area (Å²) >= 11 is 0. The van der Waals surface area contributed by atoms with Crippen LogP contribution in [0, 0.1) is 48.4 Å². The Morgan fingerprint density at radius 3 is 1.08 bits per heavy atom. The molecule has 0 aromatic carbocycles. The van der Waals surface area contributed by atoms with Gasteiger partial charge < -0.3 is 4.55 Å². The first-order chi connectivity index (χ1) is 11.1. The quantitative estimate of drug-likeness (QED) is 0.171. The Balaban J connectivity index is -0.000000136. The third kappa shape index (κ3) is 13.7. The van der Waals surface area contributed by atoms with Crippen LogP contribution in [0.25, 0.3) is 0 Å². The Morgan fingerprint density at radius 1 is 0.923 bits per heavy atom. The van der Waals surface area contributed by atoms with Crippen molar-refractivity contribution < 1.29 is 46.2 Å². The van der Waals surface area contributed by atoms with E-state index in [0.29, 0.717) is 0 Å². The topological polar surface area (TPSA) is 57.2 Å². The van der Waals surface area contributed by atoms with Gasteiger partial charge in [0.15, 0.2) is 10.1 Å². The Labute approximate surface area is 171 Å². The first-order valence-corrected chi connectivity index (χ1v) is 9.30.